The summed E-state index contributed by atoms with van der Waals surface area (Å²) in [6.07, 6.45) is 5.96. The molecule has 0 amide bonds. The van der Waals surface area contributed by atoms with E-state index in [1.54, 1.807) is 0 Å². The monoisotopic (exact) mass is 313 g/mol. The summed E-state index contributed by atoms with van der Waals surface area (Å²) in [4.78, 5) is 13.7. The van der Waals surface area contributed by atoms with Crippen molar-refractivity contribution in [1.29, 1.82) is 0 Å². The Morgan fingerprint density at radius 2 is 2.26 bits per heavy atom. The summed E-state index contributed by atoms with van der Waals surface area (Å²) in [6, 6.07) is 4.40. The van der Waals surface area contributed by atoms with E-state index in [0.717, 1.165) is 31.7 Å². The van der Waals surface area contributed by atoms with Crippen molar-refractivity contribution in [3.8, 4) is 5.75 Å². The minimum Gasteiger partial charge on any atom is -0.488 e. The highest BCUT2D eigenvalue weighted by molar-refractivity contribution is 5.66. The van der Waals surface area contributed by atoms with Gasteiger partial charge in [-0.1, -0.05) is 18.2 Å². The lowest BCUT2D eigenvalue weighted by molar-refractivity contribution is -0.145. The Bertz CT molecular complexity index is 696. The van der Waals surface area contributed by atoms with Gasteiger partial charge in [-0.25, -0.2) is 0 Å². The van der Waals surface area contributed by atoms with Gasteiger partial charge in [0.15, 0.2) is 0 Å². The lowest BCUT2D eigenvalue weighted by Gasteiger charge is -2.36. The molecule has 0 radical (unpaired) electrons. The van der Waals surface area contributed by atoms with Crippen LogP contribution in [0.4, 0.5) is 0 Å². The summed E-state index contributed by atoms with van der Waals surface area (Å²) in [5, 5.41) is 0. The van der Waals surface area contributed by atoms with E-state index in [1.807, 2.05) is 0 Å². The maximum absolute atomic E-state index is 11.3. The molecule has 3 atom stereocenters. The smallest absolute Gasteiger partial charge is 0.303 e. The molecule has 0 bridgehead atoms. The number of ether oxygens (including phenoxy) is 2. The molecule has 4 heteroatoms. The number of nitrogens with zero attached hydrogens (tertiary/aromatic N) is 1. The largest absolute Gasteiger partial charge is 0.488 e. The first-order valence-electron chi connectivity index (χ1n) is 8.34. The van der Waals surface area contributed by atoms with Crippen molar-refractivity contribution in [2.75, 3.05) is 13.6 Å². The summed E-state index contributed by atoms with van der Waals surface area (Å²) in [5.74, 6) is 0.819. The number of carbonyl (C=O) groups excluding carboxylic acids is 1. The van der Waals surface area contributed by atoms with Crippen LogP contribution in [-0.4, -0.2) is 36.7 Å². The lowest BCUT2D eigenvalue weighted by atomic mass is 9.69. The zero-order valence-electron chi connectivity index (χ0n) is 14.0. The Labute approximate surface area is 137 Å². The van der Waals surface area contributed by atoms with Gasteiger partial charge in [-0.15, -0.1) is 0 Å². The van der Waals surface area contributed by atoms with Crippen molar-refractivity contribution in [3.63, 3.8) is 0 Å². The van der Waals surface area contributed by atoms with Crippen molar-refractivity contribution in [2.45, 2.75) is 50.9 Å². The van der Waals surface area contributed by atoms with E-state index in [2.05, 4.69) is 43.2 Å². The van der Waals surface area contributed by atoms with Gasteiger partial charge in [0, 0.05) is 25.5 Å². The Morgan fingerprint density at radius 3 is 3.04 bits per heavy atom. The van der Waals surface area contributed by atoms with Crippen molar-refractivity contribution in [2.24, 2.45) is 0 Å². The molecule has 0 fully saturated rings. The highest BCUT2D eigenvalue weighted by atomic mass is 16.5. The van der Waals surface area contributed by atoms with Gasteiger partial charge in [-0.2, -0.15) is 0 Å². The third-order valence-corrected chi connectivity index (χ3v) is 5.46. The van der Waals surface area contributed by atoms with Gasteiger partial charge < -0.3 is 14.4 Å². The molecule has 4 rings (SSSR count). The Hall–Kier alpha value is -1.81. The molecule has 2 heterocycles. The third-order valence-electron chi connectivity index (χ3n) is 5.46. The van der Waals surface area contributed by atoms with Gasteiger partial charge in [-0.3, -0.25) is 4.79 Å². The molecule has 0 saturated carbocycles. The van der Waals surface area contributed by atoms with Gasteiger partial charge in [0.05, 0.1) is 5.41 Å². The molecular formula is C19H23NO3. The number of carbonyl (C=O) groups is 1. The predicted octanol–water partition coefficient (Wildman–Crippen LogP) is 2.72. The second-order valence-electron chi connectivity index (χ2n) is 7.12. The Balaban J connectivity index is 1.82. The quantitative estimate of drug-likeness (QED) is 0.590. The average Bonchev–Trinajstić information content (AvgIpc) is 2.76. The minimum absolute atomic E-state index is 0.0539. The van der Waals surface area contributed by atoms with Gasteiger partial charge >= 0.3 is 5.97 Å². The summed E-state index contributed by atoms with van der Waals surface area (Å²) in [7, 11) is 2.17. The van der Waals surface area contributed by atoms with E-state index in [9.17, 15) is 4.79 Å². The zero-order valence-corrected chi connectivity index (χ0v) is 14.0. The fourth-order valence-corrected chi connectivity index (χ4v) is 4.36. The SMILES string of the molecule is CC(=O)O[C@@H]1C=C[C@@]23CCN(C)Cc4ccc(C)c(c42)O[C@H]3C1. The Kier molecular flexibility index (Phi) is 3.27. The van der Waals surface area contributed by atoms with Gasteiger partial charge in [0.25, 0.3) is 0 Å². The van der Waals surface area contributed by atoms with Crippen LogP contribution in [0.3, 0.4) is 0 Å². The van der Waals surface area contributed by atoms with E-state index in [1.165, 1.54) is 23.6 Å². The molecule has 1 aliphatic carbocycles. The average molecular weight is 313 g/mol. The molecule has 122 valence electrons. The van der Waals surface area contributed by atoms with Crippen LogP contribution in [0.5, 0.6) is 5.75 Å². The van der Waals surface area contributed by atoms with Crippen molar-refractivity contribution in [1.82, 2.24) is 4.90 Å². The molecule has 0 N–H and O–H groups in total. The molecule has 0 aromatic heterocycles. The number of rotatable bonds is 1. The van der Waals surface area contributed by atoms with E-state index in [-0.39, 0.29) is 23.6 Å². The van der Waals surface area contributed by atoms with Gasteiger partial charge in [0.1, 0.15) is 18.0 Å². The molecular weight excluding hydrogens is 290 g/mol. The molecule has 3 aliphatic rings. The minimum atomic E-state index is -0.233. The van der Waals surface area contributed by atoms with Crippen molar-refractivity contribution < 1.29 is 14.3 Å². The van der Waals surface area contributed by atoms with E-state index in [4.69, 9.17) is 9.47 Å². The van der Waals surface area contributed by atoms with Crippen molar-refractivity contribution in [3.05, 3.63) is 41.0 Å². The van der Waals surface area contributed by atoms with Crippen LogP contribution in [0.1, 0.15) is 36.5 Å². The molecule has 1 aromatic rings. The van der Waals surface area contributed by atoms with Crippen LogP contribution < -0.4 is 4.74 Å². The van der Waals surface area contributed by atoms with Crippen LogP contribution in [0.15, 0.2) is 24.3 Å². The standard InChI is InChI=1S/C19H23NO3/c1-12-4-5-14-11-20(3)9-8-19-7-6-15(22-13(2)21)10-16(19)23-18(12)17(14)19/h4-7,15-16H,8-11H2,1-3H3/t15-,16+,19+/m1/s1. The molecule has 23 heavy (non-hydrogen) atoms. The predicted molar refractivity (Wildman–Crippen MR) is 87.5 cm³/mol. The molecule has 1 aromatic carbocycles. The van der Waals surface area contributed by atoms with E-state index >= 15 is 0 Å². The van der Waals surface area contributed by atoms with Crippen LogP contribution in [0.25, 0.3) is 0 Å². The fourth-order valence-electron chi connectivity index (χ4n) is 4.36. The molecule has 1 spiro atoms. The summed E-state index contributed by atoms with van der Waals surface area (Å²) < 4.78 is 11.8. The summed E-state index contributed by atoms with van der Waals surface area (Å²) >= 11 is 0. The number of aryl methyl sites for hydroxylation is 1. The number of esters is 1. The van der Waals surface area contributed by atoms with Crippen LogP contribution >= 0.6 is 0 Å². The second-order valence-corrected chi connectivity index (χ2v) is 7.12. The van der Waals surface area contributed by atoms with Gasteiger partial charge in [0.2, 0.25) is 0 Å². The number of hydrogen-bond acceptors (Lipinski definition) is 4. The lowest BCUT2D eigenvalue weighted by Crippen LogP contribution is -2.43. The first-order chi connectivity index (χ1) is 11.0. The Morgan fingerprint density at radius 1 is 1.43 bits per heavy atom. The summed E-state index contributed by atoms with van der Waals surface area (Å²) in [6.45, 7) is 5.57. The van der Waals surface area contributed by atoms with Crippen LogP contribution in [0, 0.1) is 6.92 Å². The van der Waals surface area contributed by atoms with E-state index < -0.39 is 0 Å². The van der Waals surface area contributed by atoms with Crippen LogP contribution in [-0.2, 0) is 21.5 Å². The maximum Gasteiger partial charge on any atom is 0.303 e. The van der Waals surface area contributed by atoms with Crippen LogP contribution in [0.2, 0.25) is 0 Å². The zero-order chi connectivity index (χ0) is 16.2. The molecule has 4 nitrogen and oxygen atoms in total. The molecule has 0 unspecified atom stereocenters. The molecule has 0 saturated heterocycles. The topological polar surface area (TPSA) is 38.8 Å². The maximum atomic E-state index is 11.3. The molecule has 2 aliphatic heterocycles. The fraction of sp³-hybridized carbons (Fsp3) is 0.526. The number of benzene rings is 1. The first-order valence-corrected chi connectivity index (χ1v) is 8.34. The second kappa shape index (κ2) is 5.10. The highest BCUT2D eigenvalue weighted by Crippen LogP contribution is 2.53. The highest BCUT2D eigenvalue weighted by Gasteiger charge is 2.52. The first kappa shape index (κ1) is 14.8. The van der Waals surface area contributed by atoms with Gasteiger partial charge in [-0.05, 0) is 44.1 Å². The van der Waals surface area contributed by atoms with Crippen molar-refractivity contribution >= 4 is 5.97 Å². The normalized spacial score (nSPS) is 31.8. The third kappa shape index (κ3) is 2.19. The van der Waals surface area contributed by atoms with E-state index in [0.29, 0.717) is 0 Å². The number of hydrogen-bond donors (Lipinski definition) is 0. The summed E-state index contributed by atoms with van der Waals surface area (Å²) in [5.41, 5.74) is 3.85.